The molecule has 134 valence electrons. The first kappa shape index (κ1) is 17.9. The highest BCUT2D eigenvalue weighted by Crippen LogP contribution is 2.31. The summed E-state index contributed by atoms with van der Waals surface area (Å²) in [5.74, 6) is 0.401. The van der Waals surface area contributed by atoms with Crippen LogP contribution in [0.3, 0.4) is 0 Å². The van der Waals surface area contributed by atoms with Gasteiger partial charge in [-0.15, -0.1) is 11.3 Å². The van der Waals surface area contributed by atoms with Crippen LogP contribution in [-0.2, 0) is 4.79 Å². The van der Waals surface area contributed by atoms with Crippen molar-refractivity contribution in [1.29, 1.82) is 0 Å². The topological polar surface area (TPSA) is 77.2 Å². The number of hydrogen-bond donors (Lipinski definition) is 2. The molecule has 0 spiro atoms. The molecule has 0 bridgehead atoms. The molecule has 3 aromatic rings. The predicted octanol–water partition coefficient (Wildman–Crippen LogP) is 4.34. The lowest BCUT2D eigenvalue weighted by Crippen LogP contribution is -2.21. The van der Waals surface area contributed by atoms with E-state index >= 15 is 0 Å². The molecule has 3 rings (SSSR count). The first-order valence-electron chi connectivity index (χ1n) is 8.25. The number of carbonyl (C=O) groups is 1. The molecule has 0 unspecified atom stereocenters. The predicted molar refractivity (Wildman–Crippen MR) is 107 cm³/mol. The Morgan fingerprint density at radius 2 is 1.88 bits per heavy atom. The van der Waals surface area contributed by atoms with Gasteiger partial charge in [0.15, 0.2) is 11.7 Å². The molecule has 0 fully saturated rings. The van der Waals surface area contributed by atoms with Crippen molar-refractivity contribution in [3.8, 4) is 17.0 Å². The van der Waals surface area contributed by atoms with Crippen molar-refractivity contribution in [1.82, 2.24) is 4.98 Å². The number of carbonyl (C=O) groups excluding carboxylic acids is 1. The van der Waals surface area contributed by atoms with E-state index in [2.05, 4.69) is 10.3 Å². The molecule has 0 aliphatic carbocycles. The fourth-order valence-electron chi connectivity index (χ4n) is 2.91. The number of ether oxygens (including phenoxy) is 1. The monoisotopic (exact) mass is 367 g/mol. The number of aryl methyl sites for hydroxylation is 3. The summed E-state index contributed by atoms with van der Waals surface area (Å²) in [5, 5.41) is 5.31. The normalized spacial score (nSPS) is 10.6. The number of benzene rings is 2. The Kier molecular flexibility index (Phi) is 5.23. The zero-order chi connectivity index (χ0) is 18.7. The number of rotatable bonds is 5. The van der Waals surface area contributed by atoms with E-state index < -0.39 is 0 Å². The molecule has 0 saturated carbocycles. The molecule has 3 N–H and O–H groups in total. The average molecular weight is 367 g/mol. The number of amides is 1. The van der Waals surface area contributed by atoms with Gasteiger partial charge in [-0.3, -0.25) is 4.79 Å². The van der Waals surface area contributed by atoms with Crippen molar-refractivity contribution in [2.75, 3.05) is 17.7 Å². The Morgan fingerprint density at radius 1 is 1.19 bits per heavy atom. The maximum Gasteiger partial charge on any atom is 0.262 e. The van der Waals surface area contributed by atoms with Gasteiger partial charge in [-0.1, -0.05) is 29.8 Å². The minimum absolute atomic E-state index is 0.0800. The van der Waals surface area contributed by atoms with Gasteiger partial charge in [-0.05, 0) is 44.0 Å². The van der Waals surface area contributed by atoms with Crippen molar-refractivity contribution in [3.05, 3.63) is 58.5 Å². The highest BCUT2D eigenvalue weighted by molar-refractivity contribution is 7.13. The quantitative estimate of drug-likeness (QED) is 0.703. The molecular formula is C20H21N3O2S. The summed E-state index contributed by atoms with van der Waals surface area (Å²) in [6.07, 6.45) is 0. The minimum Gasteiger partial charge on any atom is -0.483 e. The molecule has 0 saturated heterocycles. The number of thiazole rings is 1. The fraction of sp³-hybridized carbons (Fsp3) is 0.200. The maximum atomic E-state index is 12.4. The van der Waals surface area contributed by atoms with Crippen molar-refractivity contribution in [2.24, 2.45) is 0 Å². The number of nitrogens with two attached hydrogens (primary N) is 1. The van der Waals surface area contributed by atoms with Gasteiger partial charge in [0.25, 0.3) is 5.91 Å². The van der Waals surface area contributed by atoms with Crippen LogP contribution in [0, 0.1) is 20.8 Å². The largest absolute Gasteiger partial charge is 0.483 e. The van der Waals surface area contributed by atoms with Crippen LogP contribution in [0.15, 0.2) is 41.8 Å². The second kappa shape index (κ2) is 7.58. The number of aromatic nitrogens is 1. The summed E-state index contributed by atoms with van der Waals surface area (Å²) in [6, 6.07) is 11.6. The standard InChI is InChI=1S/C20H21N3O2S/c1-12-8-13(2)19(14(3)9-12)23-18(24)10-25-17-7-5-4-6-15(17)16-11-26-20(21)22-16/h4-9,11H,10H2,1-3H3,(H2,21,22)(H,23,24). The van der Waals surface area contributed by atoms with Crippen LogP contribution in [0.25, 0.3) is 11.3 Å². The van der Waals surface area contributed by atoms with E-state index in [9.17, 15) is 4.79 Å². The van der Waals surface area contributed by atoms with Gasteiger partial charge in [0.1, 0.15) is 5.75 Å². The van der Waals surface area contributed by atoms with Crippen LogP contribution in [0.4, 0.5) is 10.8 Å². The van der Waals surface area contributed by atoms with Gasteiger partial charge in [0.05, 0.1) is 5.69 Å². The Hall–Kier alpha value is -2.86. The number of nitrogen functional groups attached to an aromatic ring is 1. The first-order chi connectivity index (χ1) is 12.4. The molecule has 5 nitrogen and oxygen atoms in total. The van der Waals surface area contributed by atoms with E-state index in [-0.39, 0.29) is 12.5 Å². The van der Waals surface area contributed by atoms with E-state index in [0.717, 1.165) is 28.1 Å². The van der Waals surface area contributed by atoms with E-state index in [1.54, 1.807) is 0 Å². The van der Waals surface area contributed by atoms with E-state index in [4.69, 9.17) is 10.5 Å². The SMILES string of the molecule is Cc1cc(C)c(NC(=O)COc2ccccc2-c2csc(N)n2)c(C)c1. The van der Waals surface area contributed by atoms with Crippen molar-refractivity contribution < 1.29 is 9.53 Å². The van der Waals surface area contributed by atoms with E-state index in [1.165, 1.54) is 16.9 Å². The number of anilines is 2. The Labute approximate surface area is 156 Å². The zero-order valence-electron chi connectivity index (χ0n) is 15.0. The Balaban J connectivity index is 1.71. The number of nitrogens with one attached hydrogen (secondary N) is 1. The van der Waals surface area contributed by atoms with Crippen LogP contribution < -0.4 is 15.8 Å². The van der Waals surface area contributed by atoms with Gasteiger partial charge in [-0.25, -0.2) is 4.98 Å². The zero-order valence-corrected chi connectivity index (χ0v) is 15.8. The lowest BCUT2D eigenvalue weighted by molar-refractivity contribution is -0.118. The molecular weight excluding hydrogens is 346 g/mol. The summed E-state index contributed by atoms with van der Waals surface area (Å²) in [4.78, 5) is 16.6. The Bertz CT molecular complexity index is 927. The molecule has 1 amide bonds. The summed E-state index contributed by atoms with van der Waals surface area (Å²) < 4.78 is 5.75. The minimum atomic E-state index is -0.201. The first-order valence-corrected chi connectivity index (χ1v) is 9.13. The molecule has 0 aliphatic heterocycles. The highest BCUT2D eigenvalue weighted by atomic mass is 32.1. The number of hydrogen-bond acceptors (Lipinski definition) is 5. The lowest BCUT2D eigenvalue weighted by atomic mass is 10.1. The summed E-state index contributed by atoms with van der Waals surface area (Å²) in [7, 11) is 0. The molecule has 2 aromatic carbocycles. The average Bonchev–Trinajstić information content (AvgIpc) is 3.03. The third-order valence-corrected chi connectivity index (χ3v) is 4.66. The van der Waals surface area contributed by atoms with Gasteiger partial charge in [0.2, 0.25) is 0 Å². The summed E-state index contributed by atoms with van der Waals surface area (Å²) in [6.45, 7) is 5.93. The van der Waals surface area contributed by atoms with Crippen LogP contribution >= 0.6 is 11.3 Å². The molecule has 0 aliphatic rings. The van der Waals surface area contributed by atoms with Crippen molar-refractivity contribution in [2.45, 2.75) is 20.8 Å². The third kappa shape index (κ3) is 4.03. The van der Waals surface area contributed by atoms with Crippen molar-refractivity contribution in [3.63, 3.8) is 0 Å². The molecule has 1 aromatic heterocycles. The second-order valence-corrected chi connectivity index (χ2v) is 7.07. The fourth-order valence-corrected chi connectivity index (χ4v) is 3.47. The molecule has 6 heteroatoms. The Morgan fingerprint density at radius 3 is 2.54 bits per heavy atom. The third-order valence-electron chi connectivity index (χ3n) is 3.99. The van der Waals surface area contributed by atoms with Crippen molar-refractivity contribution >= 4 is 28.1 Å². The summed E-state index contributed by atoms with van der Waals surface area (Å²) in [5.41, 5.74) is 11.4. The maximum absolute atomic E-state index is 12.4. The van der Waals surface area contributed by atoms with Gasteiger partial charge < -0.3 is 15.8 Å². The van der Waals surface area contributed by atoms with E-state index in [1.807, 2.05) is 62.5 Å². The van der Waals surface area contributed by atoms with Gasteiger partial charge in [-0.2, -0.15) is 0 Å². The molecule has 26 heavy (non-hydrogen) atoms. The smallest absolute Gasteiger partial charge is 0.262 e. The molecule has 0 radical (unpaired) electrons. The summed E-state index contributed by atoms with van der Waals surface area (Å²) >= 11 is 1.37. The molecule has 0 atom stereocenters. The lowest BCUT2D eigenvalue weighted by Gasteiger charge is -2.14. The van der Waals surface area contributed by atoms with Crippen LogP contribution in [-0.4, -0.2) is 17.5 Å². The second-order valence-electron chi connectivity index (χ2n) is 6.18. The van der Waals surface area contributed by atoms with Crippen LogP contribution in [0.5, 0.6) is 5.75 Å². The van der Waals surface area contributed by atoms with Crippen LogP contribution in [0.1, 0.15) is 16.7 Å². The van der Waals surface area contributed by atoms with Crippen LogP contribution in [0.2, 0.25) is 0 Å². The van der Waals surface area contributed by atoms with E-state index in [0.29, 0.717) is 10.9 Å². The molecule has 1 heterocycles. The van der Waals surface area contributed by atoms with Gasteiger partial charge >= 0.3 is 0 Å². The van der Waals surface area contributed by atoms with Gasteiger partial charge in [0, 0.05) is 16.6 Å². The highest BCUT2D eigenvalue weighted by Gasteiger charge is 2.12. The number of para-hydroxylation sites is 1. The number of nitrogens with zero attached hydrogens (tertiary/aromatic N) is 1.